The van der Waals surface area contributed by atoms with E-state index in [1.54, 1.807) is 6.07 Å². The maximum Gasteiger partial charge on any atom is 0.283 e. The quantitative estimate of drug-likeness (QED) is 0.190. The summed E-state index contributed by atoms with van der Waals surface area (Å²) >= 11 is 19.3. The normalized spacial score (nSPS) is 13.7. The van der Waals surface area contributed by atoms with E-state index in [-0.39, 0.29) is 12.2 Å². The molecule has 3 rings (SSSR count). The number of rotatable bonds is 3. The second-order valence-corrected chi connectivity index (χ2v) is 8.46. The van der Waals surface area contributed by atoms with Crippen molar-refractivity contribution in [2.45, 2.75) is 44.9 Å². The zero-order chi connectivity index (χ0) is 21.4. The number of hydrogen-bond acceptors (Lipinski definition) is 3. The van der Waals surface area contributed by atoms with Crippen molar-refractivity contribution in [2.75, 3.05) is 6.61 Å². The highest BCUT2D eigenvalue weighted by Crippen LogP contribution is 2.34. The fourth-order valence-electron chi connectivity index (χ4n) is 3.16. The van der Waals surface area contributed by atoms with Crippen LogP contribution in [-0.4, -0.2) is 16.5 Å². The van der Waals surface area contributed by atoms with Crippen molar-refractivity contribution >= 4 is 57.4 Å². The topological polar surface area (TPSA) is 51.5 Å². The Balaban J connectivity index is 0.000000208. The van der Waals surface area contributed by atoms with Crippen LogP contribution in [0.2, 0.25) is 15.1 Å². The summed E-state index contributed by atoms with van der Waals surface area (Å²) in [6.07, 6.45) is 5.85. The van der Waals surface area contributed by atoms with Gasteiger partial charge in [0.2, 0.25) is 0 Å². The van der Waals surface area contributed by atoms with E-state index in [0.29, 0.717) is 26.7 Å². The summed E-state index contributed by atoms with van der Waals surface area (Å²) in [6.45, 7) is 2.17. The molecule has 0 bridgehead atoms. The average molecular weight is 569 g/mol. The Hall–Kier alpha value is -1.07. The molecule has 0 aliphatic heterocycles. The summed E-state index contributed by atoms with van der Waals surface area (Å²) in [5, 5.41) is 10.9. The standard InChI is InChI=1S/C12H17NO2.C9H4Cl3IO/c1-9-7-11(13(15)12(14)8-9)10-5-3-2-4-6-10;10-6-4-8(12)9(5-7(6)11)14-3-1-2-13/h7-8,10,15H,2-6H2,1H3;4-5H,3H2. The number of hydrogen-bond donors (Lipinski definition) is 1. The SMILES string of the molecule is Cc1cc(C2CCCCC2)n(O)c(=O)c1.Clc1cc(Cl)c(OCC#CI)cc1Cl. The molecule has 0 atom stereocenters. The summed E-state index contributed by atoms with van der Waals surface area (Å²) in [7, 11) is 0. The maximum absolute atomic E-state index is 11.4. The van der Waals surface area contributed by atoms with Crippen molar-refractivity contribution in [1.82, 2.24) is 4.73 Å². The number of aryl methyl sites for hydroxylation is 1. The zero-order valence-electron chi connectivity index (χ0n) is 15.9. The molecule has 0 unspecified atom stereocenters. The number of benzene rings is 1. The van der Waals surface area contributed by atoms with Crippen LogP contribution < -0.4 is 10.3 Å². The highest BCUT2D eigenvalue weighted by atomic mass is 127. The number of ether oxygens (including phenoxy) is 1. The van der Waals surface area contributed by atoms with Gasteiger partial charge in [0.1, 0.15) is 12.4 Å². The van der Waals surface area contributed by atoms with Crippen molar-refractivity contribution in [3.8, 4) is 15.6 Å². The van der Waals surface area contributed by atoms with Gasteiger partial charge in [0.25, 0.3) is 5.56 Å². The van der Waals surface area contributed by atoms with Crippen molar-refractivity contribution in [3.63, 3.8) is 0 Å². The van der Waals surface area contributed by atoms with Gasteiger partial charge in [-0.05, 0) is 41.4 Å². The lowest BCUT2D eigenvalue weighted by Gasteiger charge is -2.22. The molecule has 156 valence electrons. The Labute approximate surface area is 199 Å². The molecule has 2 aromatic rings. The molecule has 1 saturated carbocycles. The lowest BCUT2D eigenvalue weighted by molar-refractivity contribution is 0.156. The first-order valence-electron chi connectivity index (χ1n) is 9.12. The lowest BCUT2D eigenvalue weighted by atomic mass is 9.86. The molecule has 1 fully saturated rings. The highest BCUT2D eigenvalue weighted by Gasteiger charge is 2.19. The van der Waals surface area contributed by atoms with E-state index < -0.39 is 0 Å². The Bertz CT molecular complexity index is 960. The van der Waals surface area contributed by atoms with Gasteiger partial charge in [0.15, 0.2) is 0 Å². The Kier molecular flexibility index (Phi) is 9.97. The van der Waals surface area contributed by atoms with E-state index in [4.69, 9.17) is 39.5 Å². The summed E-state index contributed by atoms with van der Waals surface area (Å²) in [4.78, 5) is 11.4. The molecule has 1 heterocycles. The van der Waals surface area contributed by atoms with E-state index in [1.807, 2.05) is 35.6 Å². The first-order chi connectivity index (χ1) is 13.8. The van der Waals surface area contributed by atoms with Crippen LogP contribution in [0.3, 0.4) is 0 Å². The summed E-state index contributed by atoms with van der Waals surface area (Å²) < 4.78 is 8.76. The Morgan fingerprint density at radius 1 is 1.10 bits per heavy atom. The van der Waals surface area contributed by atoms with Gasteiger partial charge >= 0.3 is 0 Å². The monoisotopic (exact) mass is 567 g/mol. The molecule has 8 heteroatoms. The Morgan fingerprint density at radius 3 is 2.41 bits per heavy atom. The van der Waals surface area contributed by atoms with Crippen LogP contribution in [0.5, 0.6) is 5.75 Å². The van der Waals surface area contributed by atoms with Crippen LogP contribution in [0.25, 0.3) is 0 Å². The first kappa shape index (κ1) is 24.2. The third-order valence-corrected chi connectivity index (χ3v) is 5.94. The molecular weight excluding hydrogens is 547 g/mol. The molecule has 1 N–H and O–H groups in total. The summed E-state index contributed by atoms with van der Waals surface area (Å²) in [5.74, 6) is 3.58. The molecular formula is C21H21Cl3INO3. The van der Waals surface area contributed by atoms with Gasteiger partial charge in [-0.2, -0.15) is 4.73 Å². The van der Waals surface area contributed by atoms with E-state index in [1.165, 1.54) is 31.4 Å². The van der Waals surface area contributed by atoms with E-state index >= 15 is 0 Å². The van der Waals surface area contributed by atoms with Crippen molar-refractivity contribution < 1.29 is 9.94 Å². The van der Waals surface area contributed by atoms with E-state index in [0.717, 1.165) is 28.8 Å². The number of nitrogens with zero attached hydrogens (tertiary/aromatic N) is 1. The van der Waals surface area contributed by atoms with Gasteiger partial charge in [-0.1, -0.05) is 60.0 Å². The van der Waals surface area contributed by atoms with E-state index in [9.17, 15) is 10.0 Å². The van der Waals surface area contributed by atoms with Crippen LogP contribution in [-0.2, 0) is 0 Å². The first-order valence-corrected chi connectivity index (χ1v) is 11.3. The molecule has 1 aliphatic rings. The third kappa shape index (κ3) is 7.29. The van der Waals surface area contributed by atoms with Gasteiger partial charge in [-0.25, -0.2) is 0 Å². The van der Waals surface area contributed by atoms with Gasteiger partial charge in [0, 0.05) is 40.6 Å². The largest absolute Gasteiger partial charge is 0.479 e. The predicted octanol–water partition coefficient (Wildman–Crippen LogP) is 6.86. The van der Waals surface area contributed by atoms with E-state index in [2.05, 4.69) is 9.85 Å². The molecule has 0 spiro atoms. The lowest BCUT2D eigenvalue weighted by Crippen LogP contribution is -2.23. The minimum Gasteiger partial charge on any atom is -0.479 e. The molecule has 1 aromatic heterocycles. The summed E-state index contributed by atoms with van der Waals surface area (Å²) in [6, 6.07) is 6.50. The predicted molar refractivity (Wildman–Crippen MR) is 127 cm³/mol. The number of pyridine rings is 1. The highest BCUT2D eigenvalue weighted by molar-refractivity contribution is 14.1. The van der Waals surface area contributed by atoms with Gasteiger partial charge in [-0.3, -0.25) is 4.79 Å². The van der Waals surface area contributed by atoms with Crippen molar-refractivity contribution in [1.29, 1.82) is 0 Å². The van der Waals surface area contributed by atoms with Crippen molar-refractivity contribution in [3.05, 3.63) is 60.9 Å². The molecule has 29 heavy (non-hydrogen) atoms. The average Bonchev–Trinajstić information content (AvgIpc) is 2.70. The minimum atomic E-state index is -0.310. The molecule has 0 amide bonds. The molecule has 4 nitrogen and oxygen atoms in total. The third-order valence-electron chi connectivity index (χ3n) is 4.54. The molecule has 0 radical (unpaired) electrons. The zero-order valence-corrected chi connectivity index (χ0v) is 20.3. The number of aromatic nitrogens is 1. The fraction of sp³-hybridized carbons (Fsp3) is 0.381. The fourth-order valence-corrected chi connectivity index (χ4v) is 3.91. The van der Waals surface area contributed by atoms with Crippen LogP contribution in [0, 0.1) is 16.8 Å². The smallest absolute Gasteiger partial charge is 0.283 e. The molecule has 1 aromatic carbocycles. The van der Waals surface area contributed by atoms with Gasteiger partial charge < -0.3 is 9.94 Å². The van der Waals surface area contributed by atoms with Crippen LogP contribution in [0.1, 0.15) is 49.3 Å². The Morgan fingerprint density at radius 2 is 1.76 bits per heavy atom. The molecule has 1 aliphatic carbocycles. The van der Waals surface area contributed by atoms with Crippen LogP contribution in [0.15, 0.2) is 29.1 Å². The minimum absolute atomic E-state index is 0.278. The second kappa shape index (κ2) is 11.9. The van der Waals surface area contributed by atoms with Gasteiger partial charge in [0.05, 0.1) is 20.8 Å². The van der Waals surface area contributed by atoms with Gasteiger partial charge in [-0.15, -0.1) is 0 Å². The second-order valence-electron chi connectivity index (χ2n) is 6.70. The van der Waals surface area contributed by atoms with Crippen molar-refractivity contribution in [2.24, 2.45) is 0 Å². The molecule has 0 saturated heterocycles. The van der Waals surface area contributed by atoms with Crippen LogP contribution in [0.4, 0.5) is 0 Å². The number of halogens is 4. The maximum atomic E-state index is 11.4. The summed E-state index contributed by atoms with van der Waals surface area (Å²) in [5.41, 5.74) is 1.42. The van der Waals surface area contributed by atoms with Crippen LogP contribution >= 0.6 is 57.4 Å².